The Labute approximate surface area is 130 Å². The maximum atomic E-state index is 11.7. The molecule has 0 aliphatic carbocycles. The number of rotatable bonds is 4. The molecule has 1 heterocycles. The first kappa shape index (κ1) is 15.6. The monoisotopic (exact) mass is 329 g/mol. The van der Waals surface area contributed by atoms with E-state index in [1.807, 2.05) is 0 Å². The third-order valence-electron chi connectivity index (χ3n) is 2.73. The number of carbonyl (C=O) groups is 1. The van der Waals surface area contributed by atoms with Crippen LogP contribution in [0.3, 0.4) is 0 Å². The Hall–Kier alpha value is -1.83. The lowest BCUT2D eigenvalue weighted by molar-refractivity contribution is 0.175. The van der Waals surface area contributed by atoms with Crippen LogP contribution in [0.25, 0.3) is 0 Å². The van der Waals surface area contributed by atoms with Gasteiger partial charge >= 0.3 is 6.03 Å². The number of urea groups is 1. The Kier molecular flexibility index (Phi) is 5.00. The van der Waals surface area contributed by atoms with Crippen LogP contribution in [0.15, 0.2) is 24.5 Å². The molecule has 0 saturated carbocycles. The second kappa shape index (κ2) is 6.75. The Morgan fingerprint density at radius 3 is 2.67 bits per heavy atom. The summed E-state index contributed by atoms with van der Waals surface area (Å²) in [5.74, 6) is 0.290. The number of hydrogen-bond acceptors (Lipinski definition) is 4. The van der Waals surface area contributed by atoms with E-state index in [0.29, 0.717) is 15.6 Å². The van der Waals surface area contributed by atoms with E-state index in [2.05, 4.69) is 20.7 Å². The number of aliphatic hydroxyl groups is 1. The van der Waals surface area contributed by atoms with Crippen LogP contribution in [0.5, 0.6) is 0 Å². The molecular formula is C12H13Cl2N5O2. The predicted octanol–water partition coefficient (Wildman–Crippen LogP) is 1.98. The lowest BCUT2D eigenvalue weighted by atomic mass is 10.1. The molecule has 1 atom stereocenters. The summed E-state index contributed by atoms with van der Waals surface area (Å²) in [7, 11) is 1.64. The third kappa shape index (κ3) is 3.84. The zero-order chi connectivity index (χ0) is 15.4. The molecule has 9 heteroatoms. The second-order valence-electron chi connectivity index (χ2n) is 4.19. The van der Waals surface area contributed by atoms with Crippen LogP contribution >= 0.6 is 23.2 Å². The molecule has 1 aromatic heterocycles. The topological polar surface area (TPSA) is 92.1 Å². The number of benzene rings is 1. The number of carbonyl (C=O) groups excluding carboxylic acids is 1. The molecule has 2 amide bonds. The summed E-state index contributed by atoms with van der Waals surface area (Å²) in [6, 6.07) is 4.39. The number of aryl methyl sites for hydroxylation is 1. The maximum absolute atomic E-state index is 11.7. The molecule has 0 aliphatic heterocycles. The fourth-order valence-corrected chi connectivity index (χ4v) is 2.32. The van der Waals surface area contributed by atoms with Crippen LogP contribution in [0.1, 0.15) is 11.7 Å². The van der Waals surface area contributed by atoms with E-state index in [-0.39, 0.29) is 12.5 Å². The number of anilines is 1. The normalized spacial score (nSPS) is 12.0. The van der Waals surface area contributed by atoms with Crippen LogP contribution in [0, 0.1) is 0 Å². The van der Waals surface area contributed by atoms with Gasteiger partial charge in [0.1, 0.15) is 6.33 Å². The number of nitrogens with zero attached hydrogens (tertiary/aromatic N) is 3. The van der Waals surface area contributed by atoms with Gasteiger partial charge in [0.2, 0.25) is 5.95 Å². The van der Waals surface area contributed by atoms with Crippen LogP contribution in [0.2, 0.25) is 10.0 Å². The molecule has 2 rings (SSSR count). The molecule has 0 bridgehead atoms. The lowest BCUT2D eigenvalue weighted by Gasteiger charge is -2.15. The van der Waals surface area contributed by atoms with Crippen molar-refractivity contribution in [3.05, 3.63) is 40.1 Å². The van der Waals surface area contributed by atoms with E-state index < -0.39 is 12.1 Å². The van der Waals surface area contributed by atoms with Crippen molar-refractivity contribution in [2.45, 2.75) is 6.10 Å². The SMILES string of the molecule is Cn1ncnc1NC(=O)NCC(O)c1c(Cl)cccc1Cl. The van der Waals surface area contributed by atoms with Crippen molar-refractivity contribution in [3.8, 4) is 0 Å². The van der Waals surface area contributed by atoms with E-state index in [9.17, 15) is 9.90 Å². The van der Waals surface area contributed by atoms with Crippen LogP contribution in [-0.2, 0) is 7.05 Å². The summed E-state index contributed by atoms with van der Waals surface area (Å²) in [6.45, 7) is -0.0485. The van der Waals surface area contributed by atoms with Crippen molar-refractivity contribution < 1.29 is 9.90 Å². The summed E-state index contributed by atoms with van der Waals surface area (Å²) in [4.78, 5) is 15.5. The van der Waals surface area contributed by atoms with E-state index in [4.69, 9.17) is 23.2 Å². The summed E-state index contributed by atoms with van der Waals surface area (Å²) >= 11 is 12.0. The van der Waals surface area contributed by atoms with Crippen molar-refractivity contribution >= 4 is 35.2 Å². The highest BCUT2D eigenvalue weighted by Crippen LogP contribution is 2.29. The lowest BCUT2D eigenvalue weighted by Crippen LogP contribution is -2.33. The summed E-state index contributed by atoms with van der Waals surface area (Å²) in [5.41, 5.74) is 0.375. The number of halogens is 2. The Balaban J connectivity index is 1.93. The zero-order valence-corrected chi connectivity index (χ0v) is 12.6. The molecule has 7 nitrogen and oxygen atoms in total. The molecule has 3 N–H and O–H groups in total. The van der Waals surface area contributed by atoms with Crippen molar-refractivity contribution in [3.63, 3.8) is 0 Å². The minimum Gasteiger partial charge on any atom is -0.386 e. The number of hydrogen-bond donors (Lipinski definition) is 3. The van der Waals surface area contributed by atoms with Crippen molar-refractivity contribution in [2.75, 3.05) is 11.9 Å². The Morgan fingerprint density at radius 2 is 2.10 bits per heavy atom. The molecule has 0 radical (unpaired) electrons. The predicted molar refractivity (Wildman–Crippen MR) is 79.4 cm³/mol. The number of nitrogens with one attached hydrogen (secondary N) is 2. The van der Waals surface area contributed by atoms with E-state index in [1.54, 1.807) is 25.2 Å². The summed E-state index contributed by atoms with van der Waals surface area (Å²) in [5, 5.41) is 19.5. The highest BCUT2D eigenvalue weighted by molar-refractivity contribution is 6.36. The van der Waals surface area contributed by atoms with Crippen LogP contribution in [-0.4, -0.2) is 32.4 Å². The zero-order valence-electron chi connectivity index (χ0n) is 11.0. The van der Waals surface area contributed by atoms with Gasteiger partial charge in [0.05, 0.1) is 6.10 Å². The molecule has 2 aromatic rings. The van der Waals surface area contributed by atoms with Gasteiger partial charge in [-0.25, -0.2) is 9.48 Å². The standard InChI is InChI=1S/C12H13Cl2N5O2/c1-19-11(16-6-17-19)18-12(21)15-5-9(20)10-7(13)3-2-4-8(10)14/h2-4,6,9,20H,5H2,1H3,(H2,15,16,17,18,21). The third-order valence-corrected chi connectivity index (χ3v) is 3.38. The molecule has 0 fully saturated rings. The Bertz CT molecular complexity index is 626. The van der Waals surface area contributed by atoms with Crippen molar-refractivity contribution in [1.82, 2.24) is 20.1 Å². The van der Waals surface area contributed by atoms with Gasteiger partial charge in [-0.2, -0.15) is 10.1 Å². The molecular weight excluding hydrogens is 317 g/mol. The molecule has 21 heavy (non-hydrogen) atoms. The first-order chi connectivity index (χ1) is 9.99. The van der Waals surface area contributed by atoms with Crippen LogP contribution < -0.4 is 10.6 Å². The van der Waals surface area contributed by atoms with Gasteiger partial charge in [-0.1, -0.05) is 29.3 Å². The van der Waals surface area contributed by atoms with Gasteiger partial charge in [0.15, 0.2) is 0 Å². The maximum Gasteiger partial charge on any atom is 0.321 e. The highest BCUT2D eigenvalue weighted by Gasteiger charge is 2.16. The molecule has 0 spiro atoms. The molecule has 0 aliphatic rings. The van der Waals surface area contributed by atoms with Gasteiger partial charge in [0.25, 0.3) is 0 Å². The van der Waals surface area contributed by atoms with Crippen molar-refractivity contribution in [2.24, 2.45) is 7.05 Å². The largest absolute Gasteiger partial charge is 0.386 e. The number of aromatic nitrogens is 3. The summed E-state index contributed by atoms with van der Waals surface area (Å²) < 4.78 is 1.40. The number of amides is 2. The first-order valence-electron chi connectivity index (χ1n) is 6.00. The minimum absolute atomic E-state index is 0.0485. The highest BCUT2D eigenvalue weighted by atomic mass is 35.5. The number of aliphatic hydroxyl groups excluding tert-OH is 1. The quantitative estimate of drug-likeness (QED) is 0.799. The van der Waals surface area contributed by atoms with Gasteiger partial charge in [-0.3, -0.25) is 5.32 Å². The fourth-order valence-electron chi connectivity index (χ4n) is 1.68. The van der Waals surface area contributed by atoms with E-state index in [1.165, 1.54) is 11.0 Å². The molecule has 0 saturated heterocycles. The van der Waals surface area contributed by atoms with E-state index in [0.717, 1.165) is 0 Å². The van der Waals surface area contributed by atoms with Gasteiger partial charge in [0, 0.05) is 29.2 Å². The van der Waals surface area contributed by atoms with Gasteiger partial charge in [-0.05, 0) is 12.1 Å². The first-order valence-corrected chi connectivity index (χ1v) is 6.75. The second-order valence-corrected chi connectivity index (χ2v) is 5.01. The average Bonchev–Trinajstić information content (AvgIpc) is 2.82. The molecule has 1 unspecified atom stereocenters. The molecule has 1 aromatic carbocycles. The minimum atomic E-state index is -1.02. The van der Waals surface area contributed by atoms with Crippen LogP contribution in [0.4, 0.5) is 10.7 Å². The smallest absolute Gasteiger partial charge is 0.321 e. The van der Waals surface area contributed by atoms with E-state index >= 15 is 0 Å². The fraction of sp³-hybridized carbons (Fsp3) is 0.250. The average molecular weight is 330 g/mol. The van der Waals surface area contributed by atoms with Gasteiger partial charge in [-0.15, -0.1) is 0 Å². The van der Waals surface area contributed by atoms with Gasteiger partial charge < -0.3 is 10.4 Å². The Morgan fingerprint density at radius 1 is 1.43 bits per heavy atom. The summed E-state index contributed by atoms with van der Waals surface area (Å²) in [6.07, 6.45) is 0.296. The molecule has 112 valence electrons. The van der Waals surface area contributed by atoms with Crippen molar-refractivity contribution in [1.29, 1.82) is 0 Å².